The van der Waals surface area contributed by atoms with Crippen molar-refractivity contribution in [2.75, 3.05) is 5.73 Å². The number of hydrogen-bond acceptors (Lipinski definition) is 4. The van der Waals surface area contributed by atoms with Crippen LogP contribution in [-0.2, 0) is 6.42 Å². The molecule has 0 radical (unpaired) electrons. The minimum Gasteiger partial charge on any atom is -0.383 e. The number of pyridine rings is 1. The van der Waals surface area contributed by atoms with Crippen LogP contribution < -0.4 is 17.0 Å². The third kappa shape index (κ3) is 3.67. The van der Waals surface area contributed by atoms with Gasteiger partial charge in [-0.3, -0.25) is 11.3 Å². The standard InChI is InChI=1S/C13H14BrClN4/c14-9-3-1-8(2-4-9)5-12(19-17)11-6-10(15)7-18-13(11)16/h1-4,6-7,12,19H,5,17H2,(H2,16,18). The van der Waals surface area contributed by atoms with Crippen molar-refractivity contribution in [3.8, 4) is 0 Å². The summed E-state index contributed by atoms with van der Waals surface area (Å²) in [5.41, 5.74) is 10.6. The molecule has 1 aromatic carbocycles. The SMILES string of the molecule is NNC(Cc1ccc(Br)cc1)c1cc(Cl)cnc1N. The monoisotopic (exact) mass is 340 g/mol. The predicted octanol–water partition coefficient (Wildman–Crippen LogP) is 2.83. The summed E-state index contributed by atoms with van der Waals surface area (Å²) >= 11 is 9.36. The fraction of sp³-hybridized carbons (Fsp3) is 0.154. The summed E-state index contributed by atoms with van der Waals surface area (Å²) in [6.45, 7) is 0. The Morgan fingerprint density at radius 3 is 2.63 bits per heavy atom. The van der Waals surface area contributed by atoms with Crippen molar-refractivity contribution in [3.05, 3.63) is 57.2 Å². The second-order valence-corrected chi connectivity index (χ2v) is 5.53. The largest absolute Gasteiger partial charge is 0.383 e. The van der Waals surface area contributed by atoms with Gasteiger partial charge in [0.05, 0.1) is 11.1 Å². The number of hydrazine groups is 1. The zero-order chi connectivity index (χ0) is 13.8. The van der Waals surface area contributed by atoms with Crippen molar-refractivity contribution in [3.63, 3.8) is 0 Å². The van der Waals surface area contributed by atoms with Crippen LogP contribution in [0.4, 0.5) is 5.82 Å². The molecule has 0 amide bonds. The van der Waals surface area contributed by atoms with Gasteiger partial charge in [0.25, 0.3) is 0 Å². The van der Waals surface area contributed by atoms with Crippen LogP contribution in [0.1, 0.15) is 17.2 Å². The first-order chi connectivity index (χ1) is 9.10. The van der Waals surface area contributed by atoms with E-state index in [0.29, 0.717) is 17.3 Å². The highest BCUT2D eigenvalue weighted by Gasteiger charge is 2.15. The average molecular weight is 342 g/mol. The molecule has 0 aliphatic heterocycles. The number of hydrogen-bond donors (Lipinski definition) is 3. The summed E-state index contributed by atoms with van der Waals surface area (Å²) in [5, 5.41) is 0.542. The van der Waals surface area contributed by atoms with E-state index in [1.807, 2.05) is 24.3 Å². The molecule has 0 aliphatic carbocycles. The highest BCUT2D eigenvalue weighted by molar-refractivity contribution is 9.10. The summed E-state index contributed by atoms with van der Waals surface area (Å²) in [6, 6.07) is 9.69. The van der Waals surface area contributed by atoms with Crippen LogP contribution in [0.2, 0.25) is 5.02 Å². The van der Waals surface area contributed by atoms with Gasteiger partial charge in [0.15, 0.2) is 0 Å². The predicted molar refractivity (Wildman–Crippen MR) is 81.6 cm³/mol. The van der Waals surface area contributed by atoms with Gasteiger partial charge in [-0.15, -0.1) is 0 Å². The minimum absolute atomic E-state index is 0.132. The van der Waals surface area contributed by atoms with E-state index in [4.69, 9.17) is 23.2 Å². The molecule has 2 aromatic rings. The number of nitrogens with two attached hydrogens (primary N) is 2. The van der Waals surface area contributed by atoms with Crippen LogP contribution in [0.5, 0.6) is 0 Å². The number of halogens is 2. The molecule has 0 aliphatic rings. The second-order valence-electron chi connectivity index (χ2n) is 4.18. The van der Waals surface area contributed by atoms with E-state index in [-0.39, 0.29) is 6.04 Å². The summed E-state index contributed by atoms with van der Waals surface area (Å²) in [4.78, 5) is 4.05. The molecule has 0 bridgehead atoms. The van der Waals surface area contributed by atoms with E-state index in [9.17, 15) is 0 Å². The van der Waals surface area contributed by atoms with Crippen LogP contribution in [0, 0.1) is 0 Å². The summed E-state index contributed by atoms with van der Waals surface area (Å²) in [5.74, 6) is 6.05. The Bertz CT molecular complexity index is 559. The lowest BCUT2D eigenvalue weighted by Gasteiger charge is -2.18. The van der Waals surface area contributed by atoms with E-state index < -0.39 is 0 Å². The normalized spacial score (nSPS) is 12.4. The van der Waals surface area contributed by atoms with Gasteiger partial charge in [-0.1, -0.05) is 39.7 Å². The zero-order valence-corrected chi connectivity index (χ0v) is 12.4. The molecular weight excluding hydrogens is 328 g/mol. The van der Waals surface area contributed by atoms with E-state index in [1.165, 1.54) is 6.20 Å². The van der Waals surface area contributed by atoms with Gasteiger partial charge in [-0.05, 0) is 30.2 Å². The van der Waals surface area contributed by atoms with E-state index in [1.54, 1.807) is 6.07 Å². The van der Waals surface area contributed by atoms with Gasteiger partial charge >= 0.3 is 0 Å². The third-order valence-electron chi connectivity index (χ3n) is 2.85. The van der Waals surface area contributed by atoms with Gasteiger partial charge in [-0.25, -0.2) is 4.98 Å². The van der Waals surface area contributed by atoms with E-state index in [2.05, 4.69) is 26.3 Å². The van der Waals surface area contributed by atoms with Crippen molar-refractivity contribution in [2.45, 2.75) is 12.5 Å². The number of nitrogens with zero attached hydrogens (tertiary/aromatic N) is 1. The summed E-state index contributed by atoms with van der Waals surface area (Å²) in [6.07, 6.45) is 2.23. The second kappa shape index (κ2) is 6.34. The van der Waals surface area contributed by atoms with Crippen molar-refractivity contribution in [2.24, 2.45) is 5.84 Å². The first-order valence-corrected chi connectivity index (χ1v) is 6.88. The maximum Gasteiger partial charge on any atom is 0.128 e. The summed E-state index contributed by atoms with van der Waals surface area (Å²) in [7, 11) is 0. The molecular formula is C13H14BrClN4. The molecule has 0 saturated heterocycles. The topological polar surface area (TPSA) is 77.0 Å². The van der Waals surface area contributed by atoms with Crippen molar-refractivity contribution >= 4 is 33.3 Å². The Labute approximate surface area is 125 Å². The van der Waals surface area contributed by atoms with Gasteiger partial charge in [-0.2, -0.15) is 0 Å². The number of nitrogens with one attached hydrogen (secondary N) is 1. The van der Waals surface area contributed by atoms with Gasteiger partial charge in [0.2, 0.25) is 0 Å². The Balaban J connectivity index is 2.24. The number of nitrogen functional groups attached to an aromatic ring is 1. The van der Waals surface area contributed by atoms with Crippen molar-refractivity contribution in [1.29, 1.82) is 0 Å². The maximum atomic E-state index is 5.95. The molecule has 0 saturated carbocycles. The molecule has 1 unspecified atom stereocenters. The highest BCUT2D eigenvalue weighted by atomic mass is 79.9. The lowest BCUT2D eigenvalue weighted by molar-refractivity contribution is 0.552. The molecule has 1 aromatic heterocycles. The Hall–Kier alpha value is -1.14. The molecule has 100 valence electrons. The Morgan fingerprint density at radius 2 is 2.00 bits per heavy atom. The van der Waals surface area contributed by atoms with Crippen molar-refractivity contribution < 1.29 is 0 Å². The zero-order valence-electron chi connectivity index (χ0n) is 10.1. The fourth-order valence-electron chi connectivity index (χ4n) is 1.86. The molecule has 4 nitrogen and oxygen atoms in total. The van der Waals surface area contributed by atoms with Gasteiger partial charge in [0, 0.05) is 16.2 Å². The van der Waals surface area contributed by atoms with Crippen molar-refractivity contribution in [1.82, 2.24) is 10.4 Å². The molecule has 1 atom stereocenters. The first kappa shape index (κ1) is 14.3. The molecule has 1 heterocycles. The molecule has 2 rings (SSSR count). The molecule has 0 spiro atoms. The van der Waals surface area contributed by atoms with Crippen LogP contribution in [0.15, 0.2) is 41.0 Å². The summed E-state index contributed by atoms with van der Waals surface area (Å²) < 4.78 is 1.04. The third-order valence-corrected chi connectivity index (χ3v) is 3.58. The number of rotatable bonds is 4. The smallest absolute Gasteiger partial charge is 0.128 e. The Kier molecular flexibility index (Phi) is 4.76. The van der Waals surface area contributed by atoms with E-state index >= 15 is 0 Å². The molecule has 0 fully saturated rings. The lowest BCUT2D eigenvalue weighted by Crippen LogP contribution is -2.30. The average Bonchev–Trinajstić information content (AvgIpc) is 2.41. The Morgan fingerprint density at radius 1 is 1.32 bits per heavy atom. The lowest BCUT2D eigenvalue weighted by atomic mass is 10.00. The first-order valence-electron chi connectivity index (χ1n) is 5.71. The van der Waals surface area contributed by atoms with E-state index in [0.717, 1.165) is 15.6 Å². The molecule has 5 N–H and O–H groups in total. The van der Waals surface area contributed by atoms with Crippen LogP contribution in [0.3, 0.4) is 0 Å². The maximum absolute atomic E-state index is 5.95. The quantitative estimate of drug-likeness (QED) is 0.590. The highest BCUT2D eigenvalue weighted by Crippen LogP contribution is 2.25. The fourth-order valence-corrected chi connectivity index (χ4v) is 2.29. The van der Waals surface area contributed by atoms with Crippen LogP contribution in [0.25, 0.3) is 0 Å². The number of anilines is 1. The molecule has 6 heteroatoms. The van der Waals surface area contributed by atoms with Crippen LogP contribution in [-0.4, -0.2) is 4.98 Å². The molecule has 19 heavy (non-hydrogen) atoms. The number of aromatic nitrogens is 1. The van der Waals surface area contributed by atoms with Gasteiger partial charge in [0.1, 0.15) is 5.82 Å². The number of benzene rings is 1. The minimum atomic E-state index is -0.132. The van der Waals surface area contributed by atoms with Crippen LogP contribution >= 0.6 is 27.5 Å². The van der Waals surface area contributed by atoms with Gasteiger partial charge < -0.3 is 5.73 Å².